The number of rotatable bonds is 1. The van der Waals surface area contributed by atoms with E-state index >= 15 is 0 Å². The van der Waals surface area contributed by atoms with Gasteiger partial charge in [0.25, 0.3) is 0 Å². The zero-order chi connectivity index (χ0) is 15.9. The Hall–Kier alpha value is -2.01. The van der Waals surface area contributed by atoms with E-state index in [2.05, 4.69) is 4.98 Å². The molecule has 0 spiro atoms. The maximum absolute atomic E-state index is 12.2. The van der Waals surface area contributed by atoms with Gasteiger partial charge >= 0.3 is 6.09 Å². The van der Waals surface area contributed by atoms with Crippen LogP contribution in [0.5, 0.6) is 0 Å². The van der Waals surface area contributed by atoms with Gasteiger partial charge in [-0.3, -0.25) is 0 Å². The lowest BCUT2D eigenvalue weighted by Crippen LogP contribution is -2.35. The van der Waals surface area contributed by atoms with Crippen molar-refractivity contribution in [1.82, 2.24) is 9.88 Å². The highest BCUT2D eigenvalue weighted by atomic mass is 16.6. The number of likely N-dealkylation sites (tertiary alicyclic amines) is 1. The number of hydrogen-bond acceptors (Lipinski definition) is 3. The summed E-state index contributed by atoms with van der Waals surface area (Å²) in [5.74, 6) is -0.0938. The first-order valence-electron chi connectivity index (χ1n) is 7.57. The number of aromatic amines is 1. The molecule has 0 radical (unpaired) electrons. The molecule has 0 bridgehead atoms. The van der Waals surface area contributed by atoms with E-state index in [1.54, 1.807) is 4.90 Å². The van der Waals surface area contributed by atoms with Crippen LogP contribution in [0.1, 0.15) is 32.3 Å². The van der Waals surface area contributed by atoms with Gasteiger partial charge in [-0.05, 0) is 32.4 Å². The van der Waals surface area contributed by atoms with Crippen LogP contribution < -0.4 is 0 Å². The number of carbonyl (C=O) groups excluding carboxylic acids is 1. The van der Waals surface area contributed by atoms with Crippen molar-refractivity contribution in [3.05, 3.63) is 36.0 Å². The predicted molar refractivity (Wildman–Crippen MR) is 84.9 cm³/mol. The minimum atomic E-state index is -0.577. The number of aliphatic hydroxyl groups is 1. The van der Waals surface area contributed by atoms with Gasteiger partial charge in [-0.15, -0.1) is 0 Å². The molecule has 1 amide bonds. The lowest BCUT2D eigenvalue weighted by molar-refractivity contribution is 0.0270. The van der Waals surface area contributed by atoms with Crippen LogP contribution in [0.15, 0.2) is 30.5 Å². The van der Waals surface area contributed by atoms with E-state index in [4.69, 9.17) is 4.74 Å². The van der Waals surface area contributed by atoms with Gasteiger partial charge in [0.1, 0.15) is 5.60 Å². The molecule has 3 rings (SSSR count). The molecule has 2 aromatic rings. The number of amides is 1. The fourth-order valence-electron chi connectivity index (χ4n) is 2.97. The molecule has 2 heterocycles. The first-order valence-corrected chi connectivity index (χ1v) is 7.57. The van der Waals surface area contributed by atoms with Crippen LogP contribution >= 0.6 is 0 Å². The summed E-state index contributed by atoms with van der Waals surface area (Å²) in [6.45, 7) is 6.30. The number of β-amino-alcohol motifs (C(OH)–C–C–N with tert-alkyl or cyclic N) is 1. The van der Waals surface area contributed by atoms with E-state index in [1.165, 1.54) is 0 Å². The highest BCUT2D eigenvalue weighted by Crippen LogP contribution is 2.33. The maximum atomic E-state index is 12.2. The summed E-state index contributed by atoms with van der Waals surface area (Å²) < 4.78 is 5.39. The Kier molecular flexibility index (Phi) is 3.60. The highest BCUT2D eigenvalue weighted by molar-refractivity contribution is 5.84. The molecule has 0 aliphatic carbocycles. The highest BCUT2D eigenvalue weighted by Gasteiger charge is 2.37. The van der Waals surface area contributed by atoms with Gasteiger partial charge in [-0.25, -0.2) is 4.79 Å². The average molecular weight is 302 g/mol. The smallest absolute Gasteiger partial charge is 0.410 e. The molecule has 0 saturated carbocycles. The normalized spacial score (nSPS) is 22.3. The minimum absolute atomic E-state index is 0.0938. The van der Waals surface area contributed by atoms with Crippen molar-refractivity contribution in [2.45, 2.75) is 38.4 Å². The number of carbonyl (C=O) groups is 1. The molecule has 1 aromatic heterocycles. The van der Waals surface area contributed by atoms with Gasteiger partial charge in [0.15, 0.2) is 0 Å². The molecule has 0 unspecified atom stereocenters. The second-order valence-corrected chi connectivity index (χ2v) is 6.85. The van der Waals surface area contributed by atoms with E-state index in [0.717, 1.165) is 16.5 Å². The summed E-state index contributed by atoms with van der Waals surface area (Å²) in [6, 6.07) is 7.99. The van der Waals surface area contributed by atoms with E-state index in [0.29, 0.717) is 13.1 Å². The van der Waals surface area contributed by atoms with Crippen molar-refractivity contribution >= 4 is 17.0 Å². The van der Waals surface area contributed by atoms with Gasteiger partial charge in [0, 0.05) is 29.6 Å². The fourth-order valence-corrected chi connectivity index (χ4v) is 2.97. The van der Waals surface area contributed by atoms with Crippen LogP contribution in [0, 0.1) is 0 Å². The molecule has 1 aliphatic rings. The minimum Gasteiger partial charge on any atom is -0.444 e. The summed E-state index contributed by atoms with van der Waals surface area (Å²) in [4.78, 5) is 17.0. The third-order valence-corrected chi connectivity index (χ3v) is 3.96. The van der Waals surface area contributed by atoms with Gasteiger partial charge in [0.05, 0.1) is 12.6 Å². The number of para-hydroxylation sites is 1. The standard InChI is InChI=1S/C17H22N2O3/c1-17(2,3)22-16(21)19-9-13(15(20)10-19)12-8-18-14-7-5-4-6-11(12)14/h4-8,13,15,18,20H,9-10H2,1-3H3/t13-,15+/m0/s1. The van der Waals surface area contributed by atoms with Crippen LogP contribution in [0.3, 0.4) is 0 Å². The van der Waals surface area contributed by atoms with Gasteiger partial charge < -0.3 is 19.7 Å². The number of benzene rings is 1. The number of fused-ring (bicyclic) bond motifs is 1. The number of nitrogens with zero attached hydrogens (tertiary/aromatic N) is 1. The molecular weight excluding hydrogens is 280 g/mol. The number of aromatic nitrogens is 1. The lowest BCUT2D eigenvalue weighted by atomic mass is 9.96. The van der Waals surface area contributed by atoms with Crippen LogP contribution in [0.4, 0.5) is 4.79 Å². The summed E-state index contributed by atoms with van der Waals surface area (Å²) in [5, 5.41) is 11.5. The summed E-state index contributed by atoms with van der Waals surface area (Å²) in [6.07, 6.45) is 0.984. The first kappa shape index (κ1) is 14.9. The zero-order valence-electron chi connectivity index (χ0n) is 13.2. The Morgan fingerprint density at radius 1 is 1.32 bits per heavy atom. The van der Waals surface area contributed by atoms with E-state index < -0.39 is 11.7 Å². The van der Waals surface area contributed by atoms with Crippen LogP contribution in [-0.2, 0) is 4.74 Å². The number of nitrogens with one attached hydrogen (secondary N) is 1. The molecular formula is C17H22N2O3. The van der Waals surface area contributed by atoms with Crippen molar-refractivity contribution in [2.75, 3.05) is 13.1 Å². The number of ether oxygens (including phenoxy) is 1. The molecule has 118 valence electrons. The fraction of sp³-hybridized carbons (Fsp3) is 0.471. The zero-order valence-corrected chi connectivity index (χ0v) is 13.2. The van der Waals surface area contributed by atoms with Gasteiger partial charge in [0.2, 0.25) is 0 Å². The molecule has 1 fully saturated rings. The molecule has 1 saturated heterocycles. The van der Waals surface area contributed by atoms with Crippen molar-refractivity contribution in [3.63, 3.8) is 0 Å². The number of H-pyrrole nitrogens is 1. The second-order valence-electron chi connectivity index (χ2n) is 6.85. The summed E-state index contributed by atoms with van der Waals surface area (Å²) >= 11 is 0. The monoisotopic (exact) mass is 302 g/mol. The number of aliphatic hydroxyl groups excluding tert-OH is 1. The van der Waals surface area contributed by atoms with Crippen molar-refractivity contribution in [1.29, 1.82) is 0 Å². The third-order valence-electron chi connectivity index (χ3n) is 3.96. The Morgan fingerprint density at radius 2 is 2.05 bits per heavy atom. The van der Waals surface area contributed by atoms with E-state index in [-0.39, 0.29) is 12.0 Å². The molecule has 1 aliphatic heterocycles. The van der Waals surface area contributed by atoms with E-state index in [1.807, 2.05) is 51.2 Å². The van der Waals surface area contributed by atoms with Gasteiger partial charge in [-0.1, -0.05) is 18.2 Å². The SMILES string of the molecule is CC(C)(C)OC(=O)N1C[C@@H](O)[C@H](c2c[nH]c3ccccc23)C1. The average Bonchev–Trinajstić information content (AvgIpc) is 3.00. The molecule has 5 nitrogen and oxygen atoms in total. The maximum Gasteiger partial charge on any atom is 0.410 e. The Labute approximate surface area is 129 Å². The van der Waals surface area contributed by atoms with Crippen molar-refractivity contribution in [3.8, 4) is 0 Å². The molecule has 5 heteroatoms. The summed E-state index contributed by atoms with van der Waals surface area (Å²) in [5.41, 5.74) is 1.57. The number of hydrogen-bond donors (Lipinski definition) is 2. The molecule has 2 atom stereocenters. The molecule has 1 aromatic carbocycles. The Balaban J connectivity index is 1.80. The van der Waals surface area contributed by atoms with Crippen LogP contribution in [-0.4, -0.2) is 45.9 Å². The quantitative estimate of drug-likeness (QED) is 0.851. The third kappa shape index (κ3) is 2.81. The van der Waals surface area contributed by atoms with E-state index in [9.17, 15) is 9.90 Å². The van der Waals surface area contributed by atoms with Crippen LogP contribution in [0.25, 0.3) is 10.9 Å². The first-order chi connectivity index (χ1) is 10.3. The molecule has 2 N–H and O–H groups in total. The molecule has 22 heavy (non-hydrogen) atoms. The second kappa shape index (κ2) is 5.32. The Bertz CT molecular complexity index is 687. The largest absolute Gasteiger partial charge is 0.444 e. The Morgan fingerprint density at radius 3 is 2.77 bits per heavy atom. The summed E-state index contributed by atoms with van der Waals surface area (Å²) in [7, 11) is 0. The van der Waals surface area contributed by atoms with Crippen LogP contribution in [0.2, 0.25) is 0 Å². The van der Waals surface area contributed by atoms with Crippen molar-refractivity contribution in [2.24, 2.45) is 0 Å². The predicted octanol–water partition coefficient (Wildman–Crippen LogP) is 2.86. The van der Waals surface area contributed by atoms with Gasteiger partial charge in [-0.2, -0.15) is 0 Å². The topological polar surface area (TPSA) is 65.6 Å². The lowest BCUT2D eigenvalue weighted by Gasteiger charge is -2.24. The van der Waals surface area contributed by atoms with Crippen molar-refractivity contribution < 1.29 is 14.6 Å².